The number of H-pyrrole nitrogens is 1. The van der Waals surface area contributed by atoms with Crippen LogP contribution in [0.3, 0.4) is 0 Å². The number of carbonyl (C=O) groups excluding carboxylic acids is 1. The van der Waals surface area contributed by atoms with E-state index < -0.39 is 18.2 Å². The van der Waals surface area contributed by atoms with E-state index in [4.69, 9.17) is 33.7 Å². The molecule has 0 atom stereocenters. The molecule has 0 fully saturated rings. The summed E-state index contributed by atoms with van der Waals surface area (Å²) in [6.07, 6.45) is 0. The highest BCUT2D eigenvalue weighted by molar-refractivity contribution is 6.37. The van der Waals surface area contributed by atoms with E-state index in [-0.39, 0.29) is 50.2 Å². The Labute approximate surface area is 205 Å². The van der Waals surface area contributed by atoms with Crippen LogP contribution in [-0.4, -0.2) is 28.7 Å². The van der Waals surface area contributed by atoms with Crippen LogP contribution in [-0.2, 0) is 0 Å². The molecule has 180 valence electrons. The van der Waals surface area contributed by atoms with Crippen LogP contribution in [0.1, 0.15) is 0 Å². The lowest BCUT2D eigenvalue weighted by atomic mass is 10.1. The fourth-order valence-corrected chi connectivity index (χ4v) is 3.57. The molecule has 3 aromatic rings. The highest BCUT2D eigenvalue weighted by Gasteiger charge is 2.25. The summed E-state index contributed by atoms with van der Waals surface area (Å²) in [5, 5.41) is 13.3. The van der Waals surface area contributed by atoms with Crippen LogP contribution in [0.4, 0.5) is 19.3 Å². The van der Waals surface area contributed by atoms with E-state index in [1.165, 1.54) is 30.3 Å². The molecule has 0 spiro atoms. The molecule has 1 aliphatic rings. The van der Waals surface area contributed by atoms with Gasteiger partial charge < -0.3 is 20.5 Å². The monoisotopic (exact) mass is 522 g/mol. The topological polar surface area (TPSA) is 135 Å². The predicted molar refractivity (Wildman–Crippen MR) is 125 cm³/mol. The van der Waals surface area contributed by atoms with Crippen molar-refractivity contribution in [1.82, 2.24) is 15.5 Å². The summed E-state index contributed by atoms with van der Waals surface area (Å²) < 4.78 is 35.4. The maximum atomic E-state index is 12.6. The Morgan fingerprint density at radius 1 is 1.11 bits per heavy atom. The van der Waals surface area contributed by atoms with Gasteiger partial charge in [0.25, 0.3) is 5.56 Å². The van der Waals surface area contributed by atoms with Crippen LogP contribution < -0.4 is 31.1 Å². The smallest absolute Gasteiger partial charge is 0.387 e. The molecule has 0 saturated heterocycles. The van der Waals surface area contributed by atoms with Crippen molar-refractivity contribution in [2.45, 2.75) is 6.61 Å². The molecule has 2 aromatic carbocycles. The number of nitrogens with zero attached hydrogens (tertiary/aromatic N) is 3. The lowest BCUT2D eigenvalue weighted by molar-refractivity contribution is -0.0498. The van der Waals surface area contributed by atoms with Gasteiger partial charge in [0.1, 0.15) is 5.75 Å². The van der Waals surface area contributed by atoms with Crippen molar-refractivity contribution < 1.29 is 23.0 Å². The highest BCUT2D eigenvalue weighted by atomic mass is 35.5. The Kier molecular flexibility index (Phi) is 6.58. The minimum atomic E-state index is -3.03. The quantitative estimate of drug-likeness (QED) is 0.437. The van der Waals surface area contributed by atoms with Gasteiger partial charge in [0.2, 0.25) is 5.88 Å². The number of ether oxygens (including phenoxy) is 2. The number of hydrogen-bond donors (Lipinski definition) is 3. The van der Waals surface area contributed by atoms with Gasteiger partial charge in [0.05, 0.1) is 27.0 Å². The van der Waals surface area contributed by atoms with Crippen molar-refractivity contribution in [2.24, 2.45) is 10.8 Å². The van der Waals surface area contributed by atoms with Crippen LogP contribution in [0.5, 0.6) is 17.4 Å². The maximum absolute atomic E-state index is 12.6. The summed E-state index contributed by atoms with van der Waals surface area (Å²) in [5.41, 5.74) is 5.90. The fourth-order valence-electron chi connectivity index (χ4n) is 3.01. The minimum absolute atomic E-state index is 0.0164. The standard InChI is InChI=1S/C21H14Cl2F2N6O4/c1-9-18(26)30-31(21(33)27-9)11-6-14(22)17(15(23)7-11)35-19-13(8-16(32)28-29-19)10-3-2-4-12(5-10)34-20(24)25/h2-8,20H,1H2,(H2,26,30)(H,27,33)(H,28,32). The number of nitrogens with one attached hydrogen (secondary N) is 2. The van der Waals surface area contributed by atoms with Crippen molar-refractivity contribution in [3.8, 4) is 28.5 Å². The molecule has 0 aliphatic carbocycles. The van der Waals surface area contributed by atoms with E-state index in [0.717, 1.165) is 11.1 Å². The van der Waals surface area contributed by atoms with Crippen LogP contribution in [0.2, 0.25) is 10.0 Å². The van der Waals surface area contributed by atoms with E-state index in [0.29, 0.717) is 5.56 Å². The number of hydrogen-bond acceptors (Lipinski definition) is 7. The largest absolute Gasteiger partial charge is 0.435 e. The SMILES string of the molecule is C=C1NC(=O)N(c2cc(Cl)c(Oc3n[nH]c(=O)cc3-c3cccc(OC(F)F)c3)c(Cl)c2)N=C1N. The summed E-state index contributed by atoms with van der Waals surface area (Å²) in [4.78, 5) is 24.2. The van der Waals surface area contributed by atoms with Gasteiger partial charge in [0, 0.05) is 6.07 Å². The summed E-state index contributed by atoms with van der Waals surface area (Å²) in [6.45, 7) is 0.532. The molecular formula is C21H14Cl2F2N6O4. The van der Waals surface area contributed by atoms with Crippen LogP contribution >= 0.6 is 23.2 Å². The number of benzene rings is 2. The van der Waals surface area contributed by atoms with Gasteiger partial charge in [-0.15, -0.1) is 10.2 Å². The zero-order valence-corrected chi connectivity index (χ0v) is 18.9. The van der Waals surface area contributed by atoms with E-state index in [9.17, 15) is 18.4 Å². The molecule has 2 heterocycles. The second-order valence-electron chi connectivity index (χ2n) is 6.90. The first-order valence-electron chi connectivity index (χ1n) is 9.58. The van der Waals surface area contributed by atoms with Gasteiger partial charge in [-0.2, -0.15) is 13.8 Å². The summed E-state index contributed by atoms with van der Waals surface area (Å²) in [7, 11) is 0. The van der Waals surface area contributed by atoms with Crippen molar-refractivity contribution in [2.75, 3.05) is 5.01 Å². The van der Waals surface area contributed by atoms with Crippen molar-refractivity contribution in [1.29, 1.82) is 0 Å². The number of amidine groups is 1. The Morgan fingerprint density at radius 3 is 2.51 bits per heavy atom. The van der Waals surface area contributed by atoms with Crippen molar-refractivity contribution >= 4 is 40.8 Å². The molecule has 1 aliphatic heterocycles. The van der Waals surface area contributed by atoms with Crippen LogP contribution in [0, 0.1) is 0 Å². The van der Waals surface area contributed by atoms with Gasteiger partial charge in [-0.05, 0) is 29.8 Å². The third-order valence-electron chi connectivity index (χ3n) is 4.54. The second kappa shape index (κ2) is 9.60. The van der Waals surface area contributed by atoms with E-state index in [1.54, 1.807) is 6.07 Å². The highest BCUT2D eigenvalue weighted by Crippen LogP contribution is 2.41. The third kappa shape index (κ3) is 5.18. The van der Waals surface area contributed by atoms with Gasteiger partial charge in [-0.25, -0.2) is 9.89 Å². The molecule has 0 saturated carbocycles. The number of urea groups is 1. The van der Waals surface area contributed by atoms with E-state index in [1.807, 2.05) is 0 Å². The van der Waals surface area contributed by atoms with Crippen LogP contribution in [0.25, 0.3) is 11.1 Å². The number of hydrazone groups is 1. The first-order chi connectivity index (χ1) is 16.6. The second-order valence-corrected chi connectivity index (χ2v) is 7.72. The van der Waals surface area contributed by atoms with Crippen LogP contribution in [0.15, 0.2) is 64.6 Å². The van der Waals surface area contributed by atoms with Gasteiger partial charge in [-0.3, -0.25) is 4.79 Å². The Bertz CT molecular complexity index is 1410. The molecule has 4 rings (SSSR count). The third-order valence-corrected chi connectivity index (χ3v) is 5.10. The first-order valence-corrected chi connectivity index (χ1v) is 10.3. The molecule has 10 nitrogen and oxygen atoms in total. The molecule has 35 heavy (non-hydrogen) atoms. The molecular weight excluding hydrogens is 509 g/mol. The number of nitrogens with two attached hydrogens (primary N) is 1. The zero-order valence-electron chi connectivity index (χ0n) is 17.4. The Hall–Kier alpha value is -4.16. The molecule has 2 amide bonds. The van der Waals surface area contributed by atoms with Crippen molar-refractivity contribution in [3.05, 3.63) is 75.1 Å². The van der Waals surface area contributed by atoms with Gasteiger partial charge >= 0.3 is 12.6 Å². The summed E-state index contributed by atoms with van der Waals surface area (Å²) >= 11 is 12.7. The molecule has 1 aromatic heterocycles. The lowest BCUT2D eigenvalue weighted by Crippen LogP contribution is -2.45. The van der Waals surface area contributed by atoms with E-state index in [2.05, 4.69) is 31.9 Å². The molecule has 0 unspecified atom stereocenters. The average molecular weight is 523 g/mol. The number of rotatable bonds is 6. The lowest BCUT2D eigenvalue weighted by Gasteiger charge is -2.24. The predicted octanol–water partition coefficient (Wildman–Crippen LogP) is 4.45. The number of halogens is 4. The molecule has 14 heteroatoms. The summed E-state index contributed by atoms with van der Waals surface area (Å²) in [5.74, 6) is -0.343. The number of alkyl halides is 2. The maximum Gasteiger partial charge on any atom is 0.387 e. The first kappa shape index (κ1) is 24.0. The summed E-state index contributed by atoms with van der Waals surface area (Å²) in [6, 6.07) is 8.81. The minimum Gasteiger partial charge on any atom is -0.435 e. The fraction of sp³-hybridized carbons (Fsp3) is 0.0476. The van der Waals surface area contributed by atoms with E-state index >= 15 is 0 Å². The van der Waals surface area contributed by atoms with Gasteiger partial charge in [0.15, 0.2) is 11.6 Å². The Balaban J connectivity index is 1.71. The average Bonchev–Trinajstić information content (AvgIpc) is 2.79. The number of aromatic nitrogens is 2. The zero-order chi connectivity index (χ0) is 25.3. The Morgan fingerprint density at radius 2 is 1.83 bits per heavy atom. The number of anilines is 1. The number of amides is 2. The molecule has 0 bridgehead atoms. The van der Waals surface area contributed by atoms with Crippen molar-refractivity contribution in [3.63, 3.8) is 0 Å². The number of aromatic amines is 1. The molecule has 0 radical (unpaired) electrons. The number of carbonyl (C=O) groups is 1. The molecule has 4 N–H and O–H groups in total. The van der Waals surface area contributed by atoms with Gasteiger partial charge in [-0.1, -0.05) is 41.9 Å². The normalized spacial score (nSPS) is 13.5.